The molecular formula is C15H23N3O2. The number of benzene rings is 1. The maximum absolute atomic E-state index is 11.9. The van der Waals surface area contributed by atoms with Crippen molar-refractivity contribution < 1.29 is 9.59 Å². The van der Waals surface area contributed by atoms with E-state index in [9.17, 15) is 9.59 Å². The van der Waals surface area contributed by atoms with Crippen molar-refractivity contribution in [2.75, 3.05) is 5.32 Å². The van der Waals surface area contributed by atoms with Crippen molar-refractivity contribution in [3.63, 3.8) is 0 Å². The molecule has 1 atom stereocenters. The molecule has 5 nitrogen and oxygen atoms in total. The molecule has 0 fully saturated rings. The number of carbonyl (C=O) groups is 2. The third kappa shape index (κ3) is 5.01. The Morgan fingerprint density at radius 3 is 2.50 bits per heavy atom. The van der Waals surface area contributed by atoms with Crippen LogP contribution < -0.4 is 16.4 Å². The highest BCUT2D eigenvalue weighted by Crippen LogP contribution is 2.17. The van der Waals surface area contributed by atoms with Gasteiger partial charge in [-0.05, 0) is 23.1 Å². The zero-order valence-corrected chi connectivity index (χ0v) is 12.5. The third-order valence-corrected chi connectivity index (χ3v) is 2.93. The standard InChI is InChI=1S/C15H23N3O2/c1-10(19)18-12-7-5-6-11(8-12)9-17-14(20)13(16)15(2,3)4/h5-8,13H,9,16H2,1-4H3,(H,17,20)(H,18,19)/t13-/m1/s1. The van der Waals surface area contributed by atoms with Crippen LogP contribution in [-0.4, -0.2) is 17.9 Å². The second-order valence-corrected chi connectivity index (χ2v) is 5.94. The first-order chi connectivity index (χ1) is 9.20. The molecule has 1 rings (SSSR count). The van der Waals surface area contributed by atoms with Crippen molar-refractivity contribution in [3.8, 4) is 0 Å². The number of amides is 2. The van der Waals surface area contributed by atoms with Crippen LogP contribution in [0, 0.1) is 5.41 Å². The van der Waals surface area contributed by atoms with Crippen LogP contribution in [0.2, 0.25) is 0 Å². The zero-order valence-electron chi connectivity index (χ0n) is 12.5. The molecule has 0 radical (unpaired) electrons. The number of hydrogen-bond donors (Lipinski definition) is 3. The number of hydrogen-bond acceptors (Lipinski definition) is 3. The zero-order chi connectivity index (χ0) is 15.3. The third-order valence-electron chi connectivity index (χ3n) is 2.93. The molecule has 1 aromatic carbocycles. The highest BCUT2D eigenvalue weighted by atomic mass is 16.2. The molecule has 0 heterocycles. The SMILES string of the molecule is CC(=O)Nc1cccc(CNC(=O)[C@@H](N)C(C)(C)C)c1. The summed E-state index contributed by atoms with van der Waals surface area (Å²) >= 11 is 0. The Morgan fingerprint density at radius 1 is 1.30 bits per heavy atom. The van der Waals surface area contributed by atoms with E-state index in [2.05, 4.69) is 10.6 Å². The van der Waals surface area contributed by atoms with Crippen LogP contribution in [0.3, 0.4) is 0 Å². The molecule has 1 aromatic rings. The molecule has 0 aliphatic heterocycles. The Morgan fingerprint density at radius 2 is 1.95 bits per heavy atom. The van der Waals surface area contributed by atoms with E-state index in [1.165, 1.54) is 6.92 Å². The van der Waals surface area contributed by atoms with Gasteiger partial charge in [0.05, 0.1) is 6.04 Å². The van der Waals surface area contributed by atoms with Gasteiger partial charge >= 0.3 is 0 Å². The molecule has 0 aliphatic carbocycles. The first-order valence-corrected chi connectivity index (χ1v) is 6.60. The minimum absolute atomic E-state index is 0.124. The Kier molecular flexibility index (Phi) is 5.27. The Hall–Kier alpha value is -1.88. The van der Waals surface area contributed by atoms with E-state index >= 15 is 0 Å². The van der Waals surface area contributed by atoms with Crippen molar-refractivity contribution in [2.24, 2.45) is 11.1 Å². The summed E-state index contributed by atoms with van der Waals surface area (Å²) in [4.78, 5) is 22.9. The van der Waals surface area contributed by atoms with E-state index in [1.807, 2.05) is 39.0 Å². The lowest BCUT2D eigenvalue weighted by atomic mass is 9.87. The molecule has 2 amide bonds. The summed E-state index contributed by atoms with van der Waals surface area (Å²) in [7, 11) is 0. The number of nitrogens with two attached hydrogens (primary N) is 1. The van der Waals surface area contributed by atoms with E-state index in [4.69, 9.17) is 5.73 Å². The predicted molar refractivity (Wildman–Crippen MR) is 80.0 cm³/mol. The van der Waals surface area contributed by atoms with Crippen molar-refractivity contribution in [1.82, 2.24) is 5.32 Å². The lowest BCUT2D eigenvalue weighted by molar-refractivity contribution is -0.124. The average Bonchev–Trinajstić information content (AvgIpc) is 2.33. The molecule has 4 N–H and O–H groups in total. The summed E-state index contributed by atoms with van der Waals surface area (Å²) < 4.78 is 0. The van der Waals surface area contributed by atoms with Gasteiger partial charge in [-0.1, -0.05) is 32.9 Å². The first kappa shape index (κ1) is 16.2. The summed E-state index contributed by atoms with van der Waals surface area (Å²) in [5.41, 5.74) is 7.23. The minimum Gasteiger partial charge on any atom is -0.351 e. The van der Waals surface area contributed by atoms with Crippen LogP contribution >= 0.6 is 0 Å². The van der Waals surface area contributed by atoms with E-state index in [1.54, 1.807) is 6.07 Å². The van der Waals surface area contributed by atoms with Gasteiger partial charge in [0, 0.05) is 19.2 Å². The molecule has 0 unspecified atom stereocenters. The minimum atomic E-state index is -0.555. The van der Waals surface area contributed by atoms with Crippen LogP contribution in [0.15, 0.2) is 24.3 Å². The summed E-state index contributed by atoms with van der Waals surface area (Å²) in [6, 6.07) is 6.78. The summed E-state index contributed by atoms with van der Waals surface area (Å²) in [6.07, 6.45) is 0. The molecule has 0 aliphatic rings. The van der Waals surface area contributed by atoms with Gasteiger partial charge in [0.2, 0.25) is 11.8 Å². The van der Waals surface area contributed by atoms with E-state index < -0.39 is 6.04 Å². The van der Waals surface area contributed by atoms with Crippen LogP contribution in [0.25, 0.3) is 0 Å². The fraction of sp³-hybridized carbons (Fsp3) is 0.467. The smallest absolute Gasteiger partial charge is 0.237 e. The fourth-order valence-electron chi connectivity index (χ4n) is 1.65. The quantitative estimate of drug-likeness (QED) is 0.782. The molecule has 110 valence electrons. The molecule has 0 saturated carbocycles. The second-order valence-electron chi connectivity index (χ2n) is 5.94. The normalized spacial score (nSPS) is 12.7. The monoisotopic (exact) mass is 277 g/mol. The van der Waals surface area contributed by atoms with Crippen molar-refractivity contribution in [3.05, 3.63) is 29.8 Å². The van der Waals surface area contributed by atoms with E-state index in [0.717, 1.165) is 5.56 Å². The van der Waals surface area contributed by atoms with E-state index in [-0.39, 0.29) is 17.2 Å². The maximum atomic E-state index is 11.9. The van der Waals surface area contributed by atoms with E-state index in [0.29, 0.717) is 12.2 Å². The van der Waals surface area contributed by atoms with Crippen LogP contribution in [0.4, 0.5) is 5.69 Å². The highest BCUT2D eigenvalue weighted by Gasteiger charge is 2.26. The maximum Gasteiger partial charge on any atom is 0.237 e. The number of rotatable bonds is 4. The summed E-state index contributed by atoms with van der Waals surface area (Å²) in [5, 5.41) is 5.51. The average molecular weight is 277 g/mol. The molecule has 0 saturated heterocycles. The molecule has 0 spiro atoms. The molecular weight excluding hydrogens is 254 g/mol. The van der Waals surface area contributed by atoms with Gasteiger partial charge < -0.3 is 16.4 Å². The van der Waals surface area contributed by atoms with Crippen molar-refractivity contribution in [1.29, 1.82) is 0 Å². The second kappa shape index (κ2) is 6.52. The topological polar surface area (TPSA) is 84.2 Å². The predicted octanol–water partition coefficient (Wildman–Crippen LogP) is 1.63. The molecule has 5 heteroatoms. The van der Waals surface area contributed by atoms with Gasteiger partial charge in [-0.3, -0.25) is 9.59 Å². The van der Waals surface area contributed by atoms with Gasteiger partial charge in [0.15, 0.2) is 0 Å². The number of nitrogens with one attached hydrogen (secondary N) is 2. The van der Waals surface area contributed by atoms with Gasteiger partial charge in [-0.25, -0.2) is 0 Å². The van der Waals surface area contributed by atoms with Crippen LogP contribution in [0.5, 0.6) is 0 Å². The first-order valence-electron chi connectivity index (χ1n) is 6.60. The van der Waals surface area contributed by atoms with Crippen LogP contribution in [-0.2, 0) is 16.1 Å². The van der Waals surface area contributed by atoms with Gasteiger partial charge in [-0.15, -0.1) is 0 Å². The van der Waals surface area contributed by atoms with Crippen molar-refractivity contribution in [2.45, 2.75) is 40.3 Å². The summed E-state index contributed by atoms with van der Waals surface area (Å²) in [5.74, 6) is -0.302. The largest absolute Gasteiger partial charge is 0.351 e. The fourth-order valence-corrected chi connectivity index (χ4v) is 1.65. The molecule has 0 aromatic heterocycles. The highest BCUT2D eigenvalue weighted by molar-refractivity contribution is 5.88. The van der Waals surface area contributed by atoms with Gasteiger partial charge in [0.25, 0.3) is 0 Å². The Bertz CT molecular complexity index is 492. The number of carbonyl (C=O) groups excluding carboxylic acids is 2. The van der Waals surface area contributed by atoms with Crippen molar-refractivity contribution >= 4 is 17.5 Å². The summed E-state index contributed by atoms with van der Waals surface area (Å²) in [6.45, 7) is 7.62. The lowest BCUT2D eigenvalue weighted by Crippen LogP contribution is -2.48. The lowest BCUT2D eigenvalue weighted by Gasteiger charge is -2.25. The Balaban J connectivity index is 2.62. The molecule has 0 bridgehead atoms. The van der Waals surface area contributed by atoms with Crippen LogP contribution in [0.1, 0.15) is 33.3 Å². The number of anilines is 1. The van der Waals surface area contributed by atoms with Gasteiger partial charge in [0.1, 0.15) is 0 Å². The molecule has 20 heavy (non-hydrogen) atoms. The Labute approximate surface area is 119 Å². The van der Waals surface area contributed by atoms with Gasteiger partial charge in [-0.2, -0.15) is 0 Å².